The number of benzene rings is 1. The molecule has 0 aliphatic carbocycles. The number of aromatic nitrogens is 1. The SMILES string of the molecule is CCC(CC(C)c1ccccn1)c1ccc(C(C)(C)C)cc1. The summed E-state index contributed by atoms with van der Waals surface area (Å²) in [6.07, 6.45) is 4.22. The van der Waals surface area contributed by atoms with Gasteiger partial charge in [-0.05, 0) is 53.4 Å². The number of rotatable bonds is 5. The van der Waals surface area contributed by atoms with E-state index in [0.29, 0.717) is 11.8 Å². The minimum Gasteiger partial charge on any atom is -0.261 e. The molecule has 0 bridgehead atoms. The van der Waals surface area contributed by atoms with E-state index in [1.54, 1.807) is 0 Å². The van der Waals surface area contributed by atoms with Gasteiger partial charge in [-0.25, -0.2) is 0 Å². The summed E-state index contributed by atoms with van der Waals surface area (Å²) < 4.78 is 0. The summed E-state index contributed by atoms with van der Waals surface area (Å²) in [4.78, 5) is 4.51. The molecule has 0 N–H and O–H groups in total. The van der Waals surface area contributed by atoms with Crippen molar-refractivity contribution in [1.82, 2.24) is 4.98 Å². The van der Waals surface area contributed by atoms with E-state index in [0.717, 1.165) is 6.42 Å². The first-order chi connectivity index (χ1) is 10.4. The second-order valence-electron chi connectivity index (χ2n) is 7.37. The fourth-order valence-electron chi connectivity index (χ4n) is 3.01. The molecule has 1 heterocycles. The zero-order valence-corrected chi connectivity index (χ0v) is 14.6. The van der Waals surface area contributed by atoms with E-state index in [-0.39, 0.29) is 5.41 Å². The van der Waals surface area contributed by atoms with Crippen molar-refractivity contribution < 1.29 is 0 Å². The molecule has 0 aliphatic rings. The molecule has 2 aromatic rings. The van der Waals surface area contributed by atoms with Crippen LogP contribution >= 0.6 is 0 Å². The lowest BCUT2D eigenvalue weighted by Crippen LogP contribution is -2.11. The largest absolute Gasteiger partial charge is 0.261 e. The molecule has 118 valence electrons. The van der Waals surface area contributed by atoms with Crippen molar-refractivity contribution in [1.29, 1.82) is 0 Å². The lowest BCUT2D eigenvalue weighted by molar-refractivity contribution is 0.535. The highest BCUT2D eigenvalue weighted by Crippen LogP contribution is 2.32. The van der Waals surface area contributed by atoms with Crippen LogP contribution in [0.2, 0.25) is 0 Å². The first-order valence-corrected chi connectivity index (χ1v) is 8.43. The van der Waals surface area contributed by atoms with Crippen LogP contribution in [0.15, 0.2) is 48.7 Å². The Morgan fingerprint density at radius 1 is 1.00 bits per heavy atom. The molecule has 0 saturated heterocycles. The molecule has 1 aromatic heterocycles. The first kappa shape index (κ1) is 16.7. The van der Waals surface area contributed by atoms with E-state index in [9.17, 15) is 0 Å². The van der Waals surface area contributed by atoms with Gasteiger partial charge in [0.2, 0.25) is 0 Å². The molecule has 22 heavy (non-hydrogen) atoms. The topological polar surface area (TPSA) is 12.9 Å². The molecule has 2 atom stereocenters. The van der Waals surface area contributed by atoms with Crippen LogP contribution in [-0.2, 0) is 5.41 Å². The van der Waals surface area contributed by atoms with E-state index in [2.05, 4.69) is 76.0 Å². The van der Waals surface area contributed by atoms with E-state index < -0.39 is 0 Å². The zero-order chi connectivity index (χ0) is 16.2. The molecule has 1 nitrogen and oxygen atoms in total. The predicted molar refractivity (Wildman–Crippen MR) is 95.4 cm³/mol. The van der Waals surface area contributed by atoms with Gasteiger partial charge in [0.15, 0.2) is 0 Å². The molecule has 0 saturated carbocycles. The van der Waals surface area contributed by atoms with Gasteiger partial charge in [0.05, 0.1) is 0 Å². The second kappa shape index (κ2) is 7.09. The third-order valence-corrected chi connectivity index (χ3v) is 4.57. The van der Waals surface area contributed by atoms with Gasteiger partial charge in [-0.15, -0.1) is 0 Å². The Morgan fingerprint density at radius 3 is 2.18 bits per heavy atom. The molecule has 0 spiro atoms. The monoisotopic (exact) mass is 295 g/mol. The third kappa shape index (κ3) is 4.19. The molecule has 2 rings (SSSR count). The van der Waals surface area contributed by atoms with Crippen LogP contribution in [0, 0.1) is 0 Å². The molecule has 2 unspecified atom stereocenters. The zero-order valence-electron chi connectivity index (χ0n) is 14.6. The molecule has 0 aliphatic heterocycles. The summed E-state index contributed by atoms with van der Waals surface area (Å²) in [7, 11) is 0. The predicted octanol–water partition coefficient (Wildman–Crippen LogP) is 6.07. The van der Waals surface area contributed by atoms with Crippen LogP contribution in [0.3, 0.4) is 0 Å². The number of nitrogens with zero attached hydrogens (tertiary/aromatic N) is 1. The average Bonchev–Trinajstić information content (AvgIpc) is 2.52. The number of pyridine rings is 1. The Bertz CT molecular complexity index is 563. The molecule has 0 fully saturated rings. The standard InChI is InChI=1S/C21H29N/c1-6-17(15-16(2)20-9-7-8-14-22-20)18-10-12-19(13-11-18)21(3,4)5/h7-14,16-17H,6,15H2,1-5H3. The van der Waals surface area contributed by atoms with Crippen molar-refractivity contribution in [3.8, 4) is 0 Å². The summed E-state index contributed by atoms with van der Waals surface area (Å²) in [6, 6.07) is 15.4. The summed E-state index contributed by atoms with van der Waals surface area (Å²) >= 11 is 0. The normalized spacial score (nSPS) is 14.6. The number of hydrogen-bond acceptors (Lipinski definition) is 1. The Hall–Kier alpha value is -1.63. The van der Waals surface area contributed by atoms with Gasteiger partial charge in [-0.2, -0.15) is 0 Å². The van der Waals surface area contributed by atoms with Crippen molar-refractivity contribution in [3.05, 3.63) is 65.5 Å². The van der Waals surface area contributed by atoms with Crippen molar-refractivity contribution in [2.24, 2.45) is 0 Å². The minimum atomic E-state index is 0.224. The summed E-state index contributed by atoms with van der Waals surface area (Å²) in [5.41, 5.74) is 4.29. The van der Waals surface area contributed by atoms with Crippen LogP contribution in [-0.4, -0.2) is 4.98 Å². The average molecular weight is 295 g/mol. The summed E-state index contributed by atoms with van der Waals surface area (Å²) in [5.74, 6) is 1.10. The van der Waals surface area contributed by atoms with Crippen LogP contribution in [0.4, 0.5) is 0 Å². The lowest BCUT2D eigenvalue weighted by Gasteiger charge is -2.23. The van der Waals surface area contributed by atoms with E-state index in [1.807, 2.05) is 12.3 Å². The highest BCUT2D eigenvalue weighted by atomic mass is 14.7. The third-order valence-electron chi connectivity index (χ3n) is 4.57. The Balaban J connectivity index is 2.11. The summed E-state index contributed by atoms with van der Waals surface area (Å²) in [5, 5.41) is 0. The van der Waals surface area contributed by atoms with Gasteiger partial charge in [0.25, 0.3) is 0 Å². The van der Waals surface area contributed by atoms with Crippen LogP contribution < -0.4 is 0 Å². The quantitative estimate of drug-likeness (QED) is 0.652. The highest BCUT2D eigenvalue weighted by Gasteiger charge is 2.18. The number of hydrogen-bond donors (Lipinski definition) is 0. The Kier molecular flexibility index (Phi) is 5.39. The van der Waals surface area contributed by atoms with Gasteiger partial charge in [-0.1, -0.05) is 65.0 Å². The Labute approximate surface area is 135 Å². The molecular formula is C21H29N. The maximum atomic E-state index is 4.51. The molecular weight excluding hydrogens is 266 g/mol. The molecule has 1 heteroatoms. The maximum Gasteiger partial charge on any atom is 0.0431 e. The summed E-state index contributed by atoms with van der Waals surface area (Å²) in [6.45, 7) is 11.4. The van der Waals surface area contributed by atoms with Gasteiger partial charge >= 0.3 is 0 Å². The maximum absolute atomic E-state index is 4.51. The van der Waals surface area contributed by atoms with Crippen LogP contribution in [0.25, 0.3) is 0 Å². The van der Waals surface area contributed by atoms with Crippen molar-refractivity contribution in [2.45, 2.75) is 64.7 Å². The van der Waals surface area contributed by atoms with Crippen molar-refractivity contribution in [3.63, 3.8) is 0 Å². The first-order valence-electron chi connectivity index (χ1n) is 8.43. The fourth-order valence-corrected chi connectivity index (χ4v) is 3.01. The van der Waals surface area contributed by atoms with E-state index in [1.165, 1.54) is 23.2 Å². The van der Waals surface area contributed by atoms with Gasteiger partial charge in [0.1, 0.15) is 0 Å². The molecule has 1 aromatic carbocycles. The minimum absolute atomic E-state index is 0.224. The van der Waals surface area contributed by atoms with Crippen LogP contribution in [0.1, 0.15) is 76.1 Å². The second-order valence-corrected chi connectivity index (χ2v) is 7.37. The molecule has 0 radical (unpaired) electrons. The van der Waals surface area contributed by atoms with E-state index in [4.69, 9.17) is 0 Å². The lowest BCUT2D eigenvalue weighted by atomic mass is 9.83. The Morgan fingerprint density at radius 2 is 1.68 bits per heavy atom. The van der Waals surface area contributed by atoms with Gasteiger partial charge in [0, 0.05) is 11.9 Å². The highest BCUT2D eigenvalue weighted by molar-refractivity contribution is 5.29. The van der Waals surface area contributed by atoms with Gasteiger partial charge in [-0.3, -0.25) is 4.98 Å². The molecule has 0 amide bonds. The van der Waals surface area contributed by atoms with Crippen molar-refractivity contribution in [2.75, 3.05) is 0 Å². The van der Waals surface area contributed by atoms with Crippen LogP contribution in [0.5, 0.6) is 0 Å². The van der Waals surface area contributed by atoms with Crippen molar-refractivity contribution >= 4 is 0 Å². The smallest absolute Gasteiger partial charge is 0.0431 e. The van der Waals surface area contributed by atoms with Gasteiger partial charge < -0.3 is 0 Å². The fraction of sp³-hybridized carbons (Fsp3) is 0.476. The van der Waals surface area contributed by atoms with E-state index >= 15 is 0 Å².